The summed E-state index contributed by atoms with van der Waals surface area (Å²) in [5.41, 5.74) is 1.11. The van der Waals surface area contributed by atoms with Crippen molar-refractivity contribution in [2.75, 3.05) is 0 Å². The van der Waals surface area contributed by atoms with Crippen molar-refractivity contribution in [1.82, 2.24) is 0 Å². The van der Waals surface area contributed by atoms with Crippen molar-refractivity contribution in [3.8, 4) is 5.69 Å². The molecule has 63 valence electrons. The second-order valence-electron chi connectivity index (χ2n) is 2.69. The molecular formula is C11H8BrN+. The minimum absolute atomic E-state index is 1.04. The Morgan fingerprint density at radius 2 is 1.85 bits per heavy atom. The topological polar surface area (TPSA) is 3.88 Å². The molecule has 0 aliphatic carbocycles. The first-order chi connectivity index (χ1) is 6.36. The molecular weight excluding hydrogens is 226 g/mol. The molecule has 0 bridgehead atoms. The van der Waals surface area contributed by atoms with Crippen LogP contribution in [0.4, 0.5) is 0 Å². The maximum atomic E-state index is 3.41. The van der Waals surface area contributed by atoms with Gasteiger partial charge < -0.3 is 0 Å². The molecule has 1 nitrogen and oxygen atoms in total. The lowest BCUT2D eigenvalue weighted by atomic mass is 10.3. The summed E-state index contributed by atoms with van der Waals surface area (Å²) in [5.74, 6) is 0. The summed E-state index contributed by atoms with van der Waals surface area (Å²) < 4.78 is 3.09. The van der Waals surface area contributed by atoms with Crippen LogP contribution in [0.25, 0.3) is 5.69 Å². The van der Waals surface area contributed by atoms with Gasteiger partial charge in [-0.15, -0.1) is 0 Å². The summed E-state index contributed by atoms with van der Waals surface area (Å²) in [4.78, 5) is 0. The second kappa shape index (κ2) is 3.71. The summed E-state index contributed by atoms with van der Waals surface area (Å²) in [6.45, 7) is 0. The van der Waals surface area contributed by atoms with Gasteiger partial charge in [0.05, 0.1) is 0 Å². The van der Waals surface area contributed by atoms with Gasteiger partial charge in [-0.2, -0.15) is 4.57 Å². The Morgan fingerprint density at radius 3 is 2.54 bits per heavy atom. The van der Waals surface area contributed by atoms with Crippen LogP contribution in [-0.2, 0) is 0 Å². The number of nitrogens with zero attached hydrogens (tertiary/aromatic N) is 1. The van der Waals surface area contributed by atoms with Crippen LogP contribution in [0.1, 0.15) is 0 Å². The molecule has 1 radical (unpaired) electrons. The quantitative estimate of drug-likeness (QED) is 0.667. The predicted octanol–water partition coefficient (Wildman–Crippen LogP) is 2.53. The SMILES string of the molecule is Brc1c[c]cc(-[n+]2ccccc2)c1. The maximum absolute atomic E-state index is 3.41. The zero-order valence-corrected chi connectivity index (χ0v) is 8.53. The Labute approximate surface area is 85.8 Å². The molecule has 0 aliphatic heterocycles. The van der Waals surface area contributed by atoms with E-state index in [2.05, 4.69) is 28.1 Å². The van der Waals surface area contributed by atoms with E-state index in [1.165, 1.54) is 0 Å². The zero-order chi connectivity index (χ0) is 9.10. The van der Waals surface area contributed by atoms with Gasteiger partial charge in [0, 0.05) is 28.7 Å². The Bertz CT molecular complexity index is 398. The van der Waals surface area contributed by atoms with Gasteiger partial charge in [-0.3, -0.25) is 0 Å². The van der Waals surface area contributed by atoms with E-state index in [1.54, 1.807) is 0 Å². The van der Waals surface area contributed by atoms with Crippen molar-refractivity contribution < 1.29 is 4.57 Å². The van der Waals surface area contributed by atoms with Crippen LogP contribution in [-0.4, -0.2) is 0 Å². The van der Waals surface area contributed by atoms with Crippen LogP contribution in [0.15, 0.2) is 53.3 Å². The van der Waals surface area contributed by atoms with Gasteiger partial charge in [0.15, 0.2) is 12.4 Å². The third kappa shape index (κ3) is 1.95. The first kappa shape index (κ1) is 8.45. The van der Waals surface area contributed by atoms with E-state index in [0.29, 0.717) is 0 Å². The van der Waals surface area contributed by atoms with Gasteiger partial charge in [-0.1, -0.05) is 22.0 Å². The Hall–Kier alpha value is -1.15. The first-order valence-corrected chi connectivity index (χ1v) is 4.79. The van der Waals surface area contributed by atoms with E-state index < -0.39 is 0 Å². The van der Waals surface area contributed by atoms with Crippen molar-refractivity contribution >= 4 is 15.9 Å². The molecule has 0 unspecified atom stereocenters. The maximum Gasteiger partial charge on any atom is 0.212 e. The standard InChI is InChI=1S/C11H8BrN/c12-10-5-4-6-11(9-10)13-7-2-1-3-8-13/h1-3,5-9H/q+1. The minimum atomic E-state index is 1.04. The molecule has 1 aromatic heterocycles. The molecule has 0 saturated heterocycles. The molecule has 1 heterocycles. The van der Waals surface area contributed by atoms with Gasteiger partial charge in [0.1, 0.15) is 0 Å². The van der Waals surface area contributed by atoms with Gasteiger partial charge in [-0.05, 0) is 12.1 Å². The Balaban J connectivity index is 2.48. The van der Waals surface area contributed by atoms with Crippen molar-refractivity contribution in [3.63, 3.8) is 0 Å². The van der Waals surface area contributed by atoms with Gasteiger partial charge in [-0.25, -0.2) is 0 Å². The summed E-state index contributed by atoms with van der Waals surface area (Å²) >= 11 is 3.41. The summed E-state index contributed by atoms with van der Waals surface area (Å²) in [6.07, 6.45) is 4.02. The number of halogens is 1. The average molecular weight is 234 g/mol. The highest BCUT2D eigenvalue weighted by molar-refractivity contribution is 9.10. The molecule has 0 fully saturated rings. The van der Waals surface area contributed by atoms with Crippen molar-refractivity contribution in [2.24, 2.45) is 0 Å². The molecule has 2 heteroatoms. The Kier molecular flexibility index (Phi) is 2.41. The molecule has 0 spiro atoms. The van der Waals surface area contributed by atoms with Crippen molar-refractivity contribution in [2.45, 2.75) is 0 Å². The normalized spacial score (nSPS) is 9.92. The largest absolute Gasteiger partial charge is 0.212 e. The lowest BCUT2D eigenvalue weighted by molar-refractivity contribution is -0.595. The summed E-state index contributed by atoms with van der Waals surface area (Å²) in [6, 6.07) is 15.0. The van der Waals surface area contributed by atoms with Crippen LogP contribution in [0.3, 0.4) is 0 Å². The number of hydrogen-bond donors (Lipinski definition) is 0. The van der Waals surface area contributed by atoms with Gasteiger partial charge >= 0.3 is 0 Å². The van der Waals surface area contributed by atoms with Crippen molar-refractivity contribution in [3.05, 3.63) is 59.3 Å². The highest BCUT2D eigenvalue weighted by Gasteiger charge is 2.02. The number of rotatable bonds is 1. The summed E-state index contributed by atoms with van der Waals surface area (Å²) in [7, 11) is 0. The molecule has 0 saturated carbocycles. The first-order valence-electron chi connectivity index (χ1n) is 3.99. The van der Waals surface area contributed by atoms with Crippen LogP contribution >= 0.6 is 15.9 Å². The fourth-order valence-electron chi connectivity index (χ4n) is 1.15. The smallest absolute Gasteiger partial charge is 0.167 e. The van der Waals surface area contributed by atoms with E-state index in [9.17, 15) is 0 Å². The van der Waals surface area contributed by atoms with E-state index in [4.69, 9.17) is 0 Å². The van der Waals surface area contributed by atoms with E-state index >= 15 is 0 Å². The molecule has 2 rings (SSSR count). The fraction of sp³-hybridized carbons (Fsp3) is 0. The Morgan fingerprint density at radius 1 is 1.08 bits per heavy atom. The van der Waals surface area contributed by atoms with Crippen LogP contribution in [0.5, 0.6) is 0 Å². The lowest BCUT2D eigenvalue weighted by Crippen LogP contribution is -2.28. The minimum Gasteiger partial charge on any atom is -0.167 e. The highest BCUT2D eigenvalue weighted by atomic mass is 79.9. The fourth-order valence-corrected chi connectivity index (χ4v) is 1.52. The molecule has 0 amide bonds. The van der Waals surface area contributed by atoms with E-state index in [-0.39, 0.29) is 0 Å². The monoisotopic (exact) mass is 233 g/mol. The highest BCUT2D eigenvalue weighted by Crippen LogP contribution is 2.10. The van der Waals surface area contributed by atoms with Gasteiger partial charge in [0.25, 0.3) is 0 Å². The number of hydrogen-bond acceptors (Lipinski definition) is 0. The third-order valence-electron chi connectivity index (χ3n) is 1.75. The molecule has 2 aromatic rings. The predicted molar refractivity (Wildman–Crippen MR) is 54.5 cm³/mol. The number of benzene rings is 1. The lowest BCUT2D eigenvalue weighted by Gasteiger charge is -1.94. The molecule has 0 aliphatic rings. The molecule has 13 heavy (non-hydrogen) atoms. The third-order valence-corrected chi connectivity index (χ3v) is 2.21. The van der Waals surface area contributed by atoms with E-state index in [0.717, 1.165) is 10.2 Å². The van der Waals surface area contributed by atoms with Crippen LogP contribution in [0, 0.1) is 6.07 Å². The van der Waals surface area contributed by atoms with Gasteiger partial charge in [0.2, 0.25) is 5.69 Å². The second-order valence-corrected chi connectivity index (χ2v) is 3.61. The molecule has 0 atom stereocenters. The summed E-state index contributed by atoms with van der Waals surface area (Å²) in [5, 5.41) is 0. The molecule has 1 aromatic carbocycles. The van der Waals surface area contributed by atoms with E-state index in [1.807, 2.05) is 47.3 Å². The number of aromatic nitrogens is 1. The molecule has 0 N–H and O–H groups in total. The number of pyridine rings is 1. The van der Waals surface area contributed by atoms with Crippen molar-refractivity contribution in [1.29, 1.82) is 0 Å². The van der Waals surface area contributed by atoms with Crippen LogP contribution < -0.4 is 4.57 Å². The zero-order valence-electron chi connectivity index (χ0n) is 6.94. The average Bonchev–Trinajstić information content (AvgIpc) is 2.19. The van der Waals surface area contributed by atoms with Crippen LogP contribution in [0.2, 0.25) is 0 Å².